The number of alkyl halides is 3. The number of hydrogen-bond donors (Lipinski definition) is 0. The highest BCUT2D eigenvalue weighted by Crippen LogP contribution is 2.38. The summed E-state index contributed by atoms with van der Waals surface area (Å²) in [5.74, 6) is 0.674. The predicted octanol–water partition coefficient (Wildman–Crippen LogP) is 5.84. The zero-order valence-electron chi connectivity index (χ0n) is 20.1. The van der Waals surface area contributed by atoms with Crippen LogP contribution in [0.3, 0.4) is 0 Å². The number of nitrogens with zero attached hydrogens (tertiary/aromatic N) is 6. The van der Waals surface area contributed by atoms with Gasteiger partial charge in [-0.05, 0) is 43.0 Å². The molecule has 11 heteroatoms. The molecule has 3 aromatic heterocycles. The Balaban J connectivity index is 1.55. The molecule has 1 aromatic carbocycles. The normalized spacial score (nSPS) is 19.5. The van der Waals surface area contributed by atoms with E-state index in [9.17, 15) is 18.4 Å². The second kappa shape index (κ2) is 9.57. The smallest absolute Gasteiger partial charge is 0.374 e. The summed E-state index contributed by atoms with van der Waals surface area (Å²) in [5, 5.41) is 10.1. The third kappa shape index (κ3) is 4.46. The fourth-order valence-corrected chi connectivity index (χ4v) is 5.64. The van der Waals surface area contributed by atoms with Crippen LogP contribution in [0.15, 0.2) is 48.8 Å². The fourth-order valence-electron chi connectivity index (χ4n) is 5.47. The van der Waals surface area contributed by atoms with Gasteiger partial charge in [0, 0.05) is 30.6 Å². The van der Waals surface area contributed by atoms with Gasteiger partial charge in [0.2, 0.25) is 5.95 Å². The van der Waals surface area contributed by atoms with E-state index in [0.717, 1.165) is 31.4 Å². The summed E-state index contributed by atoms with van der Waals surface area (Å²) in [7, 11) is 0. The monoisotopic (exact) mass is 538 g/mol. The number of fused-ring (bicyclic) bond motifs is 2. The Morgan fingerprint density at radius 2 is 1.92 bits per heavy atom. The van der Waals surface area contributed by atoms with Crippen LogP contribution in [0.4, 0.5) is 19.1 Å². The van der Waals surface area contributed by atoms with Gasteiger partial charge in [0.15, 0.2) is 0 Å². The quantitative estimate of drug-likeness (QED) is 0.324. The lowest BCUT2D eigenvalue weighted by molar-refractivity contribution is -0.137. The van der Waals surface area contributed by atoms with Crippen LogP contribution in [0, 0.1) is 11.3 Å². The van der Waals surface area contributed by atoms with E-state index in [4.69, 9.17) is 21.3 Å². The zero-order chi connectivity index (χ0) is 26.4. The molecule has 2 fully saturated rings. The van der Waals surface area contributed by atoms with Crippen molar-refractivity contribution >= 4 is 28.6 Å². The number of hydrogen-bond acceptors (Lipinski definition) is 6. The van der Waals surface area contributed by atoms with Crippen molar-refractivity contribution in [3.8, 4) is 17.3 Å². The Labute approximate surface area is 221 Å². The lowest BCUT2D eigenvalue weighted by atomic mass is 10.1. The maximum atomic E-state index is 13.2. The molecule has 2 aliphatic rings. The Hall–Kier alpha value is -3.68. The van der Waals surface area contributed by atoms with E-state index in [1.165, 1.54) is 18.3 Å². The first kappa shape index (κ1) is 24.6. The van der Waals surface area contributed by atoms with E-state index in [2.05, 4.69) is 20.9 Å². The van der Waals surface area contributed by atoms with Crippen LogP contribution in [0.2, 0.25) is 5.02 Å². The Kier molecular flexibility index (Phi) is 6.20. The molecule has 0 radical (unpaired) electrons. The molecule has 38 heavy (non-hydrogen) atoms. The zero-order valence-corrected chi connectivity index (χ0v) is 20.9. The van der Waals surface area contributed by atoms with Gasteiger partial charge in [-0.2, -0.15) is 18.4 Å². The van der Waals surface area contributed by atoms with Crippen LogP contribution in [0.1, 0.15) is 36.1 Å². The number of ether oxygens (including phenoxy) is 1. The number of aromatic nitrogens is 4. The summed E-state index contributed by atoms with van der Waals surface area (Å²) < 4.78 is 47.6. The van der Waals surface area contributed by atoms with Crippen molar-refractivity contribution in [2.75, 3.05) is 18.1 Å². The average Bonchev–Trinajstić information content (AvgIpc) is 3.53. The van der Waals surface area contributed by atoms with Crippen LogP contribution in [0.25, 0.3) is 22.3 Å². The molecule has 6 rings (SSSR count). The van der Waals surface area contributed by atoms with Crippen LogP contribution in [-0.4, -0.2) is 44.8 Å². The van der Waals surface area contributed by atoms with Crippen LogP contribution in [0.5, 0.6) is 0 Å². The summed E-state index contributed by atoms with van der Waals surface area (Å²) in [5.41, 5.74) is 2.48. The number of nitriles is 1. The van der Waals surface area contributed by atoms with E-state index in [-0.39, 0.29) is 24.4 Å². The van der Waals surface area contributed by atoms with Crippen LogP contribution < -0.4 is 4.90 Å². The molecular weight excluding hydrogens is 517 g/mol. The number of imidazole rings is 1. The molecular formula is C27H22ClF3N6O. The number of benzene rings is 1. The van der Waals surface area contributed by atoms with Crippen molar-refractivity contribution in [2.24, 2.45) is 0 Å². The largest absolute Gasteiger partial charge is 0.416 e. The number of anilines is 1. The standard InChI is InChI=1S/C27H22ClF3N6O/c28-19-10-17(13-33-14-19)24-25-21(11-20(12-32)34-24)35-26(36-8-9-38-23-3-1-2-22(23)36)37(25)15-16-4-6-18(7-5-16)27(29,30)31/h4-7,10-11,13-14,22-23H,1-3,8-9,15H2. The SMILES string of the molecule is N#Cc1cc2nc(N3CCOC4CCCC43)n(Cc3ccc(C(F)(F)F)cc3)c2c(-c2cncc(Cl)c2)n1. The van der Waals surface area contributed by atoms with Gasteiger partial charge in [-0.1, -0.05) is 23.7 Å². The van der Waals surface area contributed by atoms with E-state index in [1.54, 1.807) is 18.3 Å². The van der Waals surface area contributed by atoms with E-state index >= 15 is 0 Å². The summed E-state index contributed by atoms with van der Waals surface area (Å²) in [6.07, 6.45) is 1.79. The van der Waals surface area contributed by atoms with Gasteiger partial charge in [-0.15, -0.1) is 0 Å². The minimum Gasteiger partial charge on any atom is -0.374 e. The first-order chi connectivity index (χ1) is 18.3. The average molecular weight is 539 g/mol. The van der Waals surface area contributed by atoms with E-state index in [0.29, 0.717) is 52.0 Å². The fraction of sp³-hybridized carbons (Fsp3) is 0.333. The van der Waals surface area contributed by atoms with Gasteiger partial charge in [0.25, 0.3) is 0 Å². The molecule has 0 bridgehead atoms. The van der Waals surface area contributed by atoms with Gasteiger partial charge in [-0.3, -0.25) is 4.98 Å². The van der Waals surface area contributed by atoms with Crippen molar-refractivity contribution in [3.05, 3.63) is 70.6 Å². The number of rotatable bonds is 4. The van der Waals surface area contributed by atoms with Crippen molar-refractivity contribution in [3.63, 3.8) is 0 Å². The first-order valence-corrected chi connectivity index (χ1v) is 12.7. The Morgan fingerprint density at radius 3 is 2.66 bits per heavy atom. The Bertz CT molecular complexity index is 1550. The predicted molar refractivity (Wildman–Crippen MR) is 136 cm³/mol. The maximum Gasteiger partial charge on any atom is 0.416 e. The molecule has 2 atom stereocenters. The van der Waals surface area contributed by atoms with Crippen molar-refractivity contribution < 1.29 is 17.9 Å². The highest BCUT2D eigenvalue weighted by Gasteiger charge is 2.38. The van der Waals surface area contributed by atoms with Crippen LogP contribution >= 0.6 is 11.6 Å². The first-order valence-electron chi connectivity index (χ1n) is 12.3. The Morgan fingerprint density at radius 1 is 1.11 bits per heavy atom. The lowest BCUT2D eigenvalue weighted by Gasteiger charge is -2.38. The molecule has 4 aromatic rings. The van der Waals surface area contributed by atoms with Crippen molar-refractivity contribution in [1.82, 2.24) is 19.5 Å². The summed E-state index contributed by atoms with van der Waals surface area (Å²) >= 11 is 6.24. The van der Waals surface area contributed by atoms with Gasteiger partial charge in [0.05, 0.1) is 52.6 Å². The van der Waals surface area contributed by atoms with Crippen molar-refractivity contribution in [1.29, 1.82) is 5.26 Å². The maximum absolute atomic E-state index is 13.2. The second-order valence-corrected chi connectivity index (χ2v) is 9.96. The minimum absolute atomic E-state index is 0.104. The molecule has 4 heterocycles. The van der Waals surface area contributed by atoms with E-state index in [1.807, 2.05) is 4.57 Å². The van der Waals surface area contributed by atoms with Gasteiger partial charge < -0.3 is 14.2 Å². The minimum atomic E-state index is -4.42. The third-order valence-corrected chi connectivity index (χ3v) is 7.36. The van der Waals surface area contributed by atoms with E-state index < -0.39 is 11.7 Å². The van der Waals surface area contributed by atoms with Gasteiger partial charge in [-0.25, -0.2) is 9.97 Å². The molecule has 7 nitrogen and oxygen atoms in total. The molecule has 1 saturated heterocycles. The third-order valence-electron chi connectivity index (χ3n) is 7.16. The van der Waals surface area contributed by atoms with Crippen LogP contribution in [-0.2, 0) is 17.5 Å². The molecule has 0 spiro atoms. The number of morpholine rings is 1. The highest BCUT2D eigenvalue weighted by molar-refractivity contribution is 6.30. The number of halogens is 4. The highest BCUT2D eigenvalue weighted by atomic mass is 35.5. The summed E-state index contributed by atoms with van der Waals surface area (Å²) in [6, 6.07) is 10.7. The molecule has 1 saturated carbocycles. The molecule has 0 amide bonds. The molecule has 2 unspecified atom stereocenters. The number of pyridine rings is 2. The summed E-state index contributed by atoms with van der Waals surface area (Å²) in [6.45, 7) is 1.44. The molecule has 0 N–H and O–H groups in total. The topological polar surface area (TPSA) is 79.9 Å². The summed E-state index contributed by atoms with van der Waals surface area (Å²) in [4.78, 5) is 16.0. The molecule has 1 aliphatic heterocycles. The molecule has 1 aliphatic carbocycles. The van der Waals surface area contributed by atoms with Crippen molar-refractivity contribution in [2.45, 2.75) is 44.1 Å². The van der Waals surface area contributed by atoms with Gasteiger partial charge in [0.1, 0.15) is 11.8 Å². The molecule has 194 valence electrons. The van der Waals surface area contributed by atoms with Gasteiger partial charge >= 0.3 is 6.18 Å². The second-order valence-electron chi connectivity index (χ2n) is 9.52. The lowest BCUT2D eigenvalue weighted by Crippen LogP contribution is -2.49.